The van der Waals surface area contributed by atoms with Crippen molar-refractivity contribution in [2.24, 2.45) is 0 Å². The van der Waals surface area contributed by atoms with Crippen LogP contribution in [0.25, 0.3) is 0 Å². The molecule has 1 aromatic heterocycles. The number of carbonyl (C=O) groups excluding carboxylic acids is 1. The average molecular weight is 364 g/mol. The summed E-state index contributed by atoms with van der Waals surface area (Å²) in [5, 5.41) is 4.97. The maximum Gasteiger partial charge on any atom is 0.231 e. The van der Waals surface area contributed by atoms with Crippen LogP contribution in [0.15, 0.2) is 28.1 Å². The molecule has 0 aliphatic carbocycles. The predicted molar refractivity (Wildman–Crippen MR) is 78.1 cm³/mol. The fraction of sp³-hybridized carbons (Fsp3) is 0.167. The molecule has 0 fully saturated rings. The number of amides is 1. The molecular weight excluding hydrogens is 355 g/mol. The summed E-state index contributed by atoms with van der Waals surface area (Å²) >= 11 is 10.2. The highest BCUT2D eigenvalue weighted by atomic mass is 79.9. The van der Waals surface area contributed by atoms with E-state index in [9.17, 15) is 9.18 Å². The normalized spacial score (nSPS) is 10.5. The summed E-state index contributed by atoms with van der Waals surface area (Å²) in [6.45, 7) is 0. The number of rotatable bonds is 4. The van der Waals surface area contributed by atoms with Crippen LogP contribution in [0.4, 0.5) is 10.1 Å². The van der Waals surface area contributed by atoms with Crippen LogP contribution < -0.4 is 5.32 Å². The van der Waals surface area contributed by atoms with Crippen LogP contribution in [0.1, 0.15) is 10.7 Å². The van der Waals surface area contributed by atoms with Gasteiger partial charge in [0.15, 0.2) is 0 Å². The van der Waals surface area contributed by atoms with Crippen molar-refractivity contribution in [3.63, 3.8) is 0 Å². The van der Waals surface area contributed by atoms with E-state index in [0.717, 1.165) is 5.69 Å². The third-order valence-electron chi connectivity index (χ3n) is 2.25. The molecular formula is C12H9BrClFN2OS. The topological polar surface area (TPSA) is 42.0 Å². The number of alkyl halides is 1. The van der Waals surface area contributed by atoms with E-state index >= 15 is 0 Å². The van der Waals surface area contributed by atoms with Crippen molar-refractivity contribution in [2.75, 3.05) is 5.32 Å². The van der Waals surface area contributed by atoms with Gasteiger partial charge < -0.3 is 5.32 Å². The van der Waals surface area contributed by atoms with E-state index in [1.807, 2.05) is 0 Å². The Morgan fingerprint density at radius 1 is 1.53 bits per heavy atom. The monoisotopic (exact) mass is 362 g/mol. The highest BCUT2D eigenvalue weighted by Gasteiger charge is 2.10. The average Bonchev–Trinajstić information content (AvgIpc) is 2.81. The van der Waals surface area contributed by atoms with Gasteiger partial charge in [0.05, 0.1) is 23.7 Å². The Morgan fingerprint density at radius 3 is 3.00 bits per heavy atom. The molecule has 100 valence electrons. The van der Waals surface area contributed by atoms with Crippen molar-refractivity contribution >= 4 is 50.5 Å². The summed E-state index contributed by atoms with van der Waals surface area (Å²) in [6.07, 6.45) is 0.105. The molecule has 1 N–H and O–H groups in total. The SMILES string of the molecule is O=C(Cc1nc(CCl)cs1)Nc1cc(Br)ccc1F. The van der Waals surface area contributed by atoms with Gasteiger partial charge in [0.1, 0.15) is 10.8 Å². The summed E-state index contributed by atoms with van der Waals surface area (Å²) in [7, 11) is 0. The summed E-state index contributed by atoms with van der Waals surface area (Å²) in [6, 6.07) is 4.37. The maximum absolute atomic E-state index is 13.5. The molecule has 0 atom stereocenters. The zero-order chi connectivity index (χ0) is 13.8. The molecule has 2 rings (SSSR count). The minimum Gasteiger partial charge on any atom is -0.323 e. The molecule has 0 aliphatic rings. The molecule has 1 amide bonds. The van der Waals surface area contributed by atoms with Crippen LogP contribution in [0, 0.1) is 5.82 Å². The Bertz CT molecular complexity index is 605. The Kier molecular flexibility index (Phi) is 4.90. The number of aromatic nitrogens is 1. The second-order valence-electron chi connectivity index (χ2n) is 3.72. The lowest BCUT2D eigenvalue weighted by atomic mass is 10.3. The Labute approximate surface area is 126 Å². The van der Waals surface area contributed by atoms with E-state index in [0.29, 0.717) is 15.4 Å². The molecule has 0 bridgehead atoms. The maximum atomic E-state index is 13.5. The number of hydrogen-bond donors (Lipinski definition) is 1. The van der Waals surface area contributed by atoms with E-state index in [1.165, 1.54) is 23.5 Å². The second kappa shape index (κ2) is 6.45. The highest BCUT2D eigenvalue weighted by Crippen LogP contribution is 2.20. The van der Waals surface area contributed by atoms with Crippen LogP contribution in [0.2, 0.25) is 0 Å². The molecule has 0 saturated heterocycles. The number of thiazole rings is 1. The van der Waals surface area contributed by atoms with E-state index in [1.54, 1.807) is 11.4 Å². The number of nitrogens with zero attached hydrogens (tertiary/aromatic N) is 1. The molecule has 2 aromatic rings. The lowest BCUT2D eigenvalue weighted by Crippen LogP contribution is -2.15. The molecule has 0 radical (unpaired) electrons. The van der Waals surface area contributed by atoms with Crippen molar-refractivity contribution in [2.45, 2.75) is 12.3 Å². The number of carbonyl (C=O) groups is 1. The number of anilines is 1. The van der Waals surface area contributed by atoms with Crippen LogP contribution >= 0.6 is 38.9 Å². The summed E-state index contributed by atoms with van der Waals surface area (Å²) in [5.74, 6) is -0.470. The van der Waals surface area contributed by atoms with Crippen molar-refractivity contribution < 1.29 is 9.18 Å². The van der Waals surface area contributed by atoms with Gasteiger partial charge in [0.2, 0.25) is 5.91 Å². The van der Waals surface area contributed by atoms with Gasteiger partial charge in [-0.05, 0) is 18.2 Å². The Morgan fingerprint density at radius 2 is 2.32 bits per heavy atom. The van der Waals surface area contributed by atoms with Crippen LogP contribution in [-0.2, 0) is 17.1 Å². The van der Waals surface area contributed by atoms with E-state index < -0.39 is 5.82 Å². The number of halogens is 3. The first-order valence-electron chi connectivity index (χ1n) is 5.32. The second-order valence-corrected chi connectivity index (χ2v) is 5.84. The van der Waals surface area contributed by atoms with Gasteiger partial charge in [0, 0.05) is 9.85 Å². The summed E-state index contributed by atoms with van der Waals surface area (Å²) in [4.78, 5) is 16.0. The molecule has 0 aliphatic heterocycles. The molecule has 7 heteroatoms. The summed E-state index contributed by atoms with van der Waals surface area (Å²) < 4.78 is 14.2. The van der Waals surface area contributed by atoms with Gasteiger partial charge in [-0.25, -0.2) is 9.37 Å². The van der Waals surface area contributed by atoms with Gasteiger partial charge in [-0.3, -0.25) is 4.79 Å². The lowest BCUT2D eigenvalue weighted by Gasteiger charge is -2.05. The van der Waals surface area contributed by atoms with Crippen LogP contribution in [0.5, 0.6) is 0 Å². The third-order valence-corrected chi connectivity index (χ3v) is 3.92. The van der Waals surface area contributed by atoms with Gasteiger partial charge in [-0.1, -0.05) is 15.9 Å². The van der Waals surface area contributed by atoms with Crippen molar-refractivity contribution in [3.05, 3.63) is 44.6 Å². The lowest BCUT2D eigenvalue weighted by molar-refractivity contribution is -0.115. The van der Waals surface area contributed by atoms with E-state index in [4.69, 9.17) is 11.6 Å². The zero-order valence-electron chi connectivity index (χ0n) is 9.62. The van der Waals surface area contributed by atoms with E-state index in [2.05, 4.69) is 26.2 Å². The number of hydrogen-bond acceptors (Lipinski definition) is 3. The van der Waals surface area contributed by atoms with Crippen LogP contribution in [-0.4, -0.2) is 10.9 Å². The number of benzene rings is 1. The minimum absolute atomic E-state index is 0.105. The van der Waals surface area contributed by atoms with Crippen molar-refractivity contribution in [1.82, 2.24) is 4.98 Å². The van der Waals surface area contributed by atoms with Gasteiger partial charge >= 0.3 is 0 Å². The molecule has 1 heterocycles. The quantitative estimate of drug-likeness (QED) is 0.835. The van der Waals surface area contributed by atoms with E-state index in [-0.39, 0.29) is 18.0 Å². The first-order chi connectivity index (χ1) is 9.08. The van der Waals surface area contributed by atoms with Crippen molar-refractivity contribution in [1.29, 1.82) is 0 Å². The first kappa shape index (κ1) is 14.4. The molecule has 0 spiro atoms. The van der Waals surface area contributed by atoms with Crippen LogP contribution in [0.3, 0.4) is 0 Å². The van der Waals surface area contributed by atoms with Gasteiger partial charge in [-0.15, -0.1) is 22.9 Å². The highest BCUT2D eigenvalue weighted by molar-refractivity contribution is 9.10. The Balaban J connectivity index is 2.03. The largest absolute Gasteiger partial charge is 0.323 e. The predicted octanol–water partition coefficient (Wildman–Crippen LogP) is 3.96. The third kappa shape index (κ3) is 3.99. The van der Waals surface area contributed by atoms with Gasteiger partial charge in [0.25, 0.3) is 0 Å². The zero-order valence-corrected chi connectivity index (χ0v) is 12.8. The summed E-state index contributed by atoms with van der Waals surface area (Å²) in [5.41, 5.74) is 0.886. The van der Waals surface area contributed by atoms with Crippen molar-refractivity contribution in [3.8, 4) is 0 Å². The number of nitrogens with one attached hydrogen (secondary N) is 1. The first-order valence-corrected chi connectivity index (χ1v) is 7.53. The molecule has 0 unspecified atom stereocenters. The Hall–Kier alpha value is -0.980. The standard InChI is InChI=1S/C12H9BrClFN2OS/c13-7-1-2-9(15)10(3-7)17-11(18)4-12-16-8(5-14)6-19-12/h1-3,6H,4-5H2,(H,17,18). The molecule has 0 saturated carbocycles. The minimum atomic E-state index is -0.475. The van der Waals surface area contributed by atoms with Gasteiger partial charge in [-0.2, -0.15) is 0 Å². The smallest absolute Gasteiger partial charge is 0.231 e. The fourth-order valence-electron chi connectivity index (χ4n) is 1.42. The molecule has 1 aromatic carbocycles. The molecule has 3 nitrogen and oxygen atoms in total. The fourth-order valence-corrected chi connectivity index (χ4v) is 2.80. The molecule has 19 heavy (non-hydrogen) atoms.